The van der Waals surface area contributed by atoms with Crippen LogP contribution in [0.1, 0.15) is 13.3 Å². The minimum Gasteiger partial charge on any atom is -0.486 e. The summed E-state index contributed by atoms with van der Waals surface area (Å²) in [6.07, 6.45) is 0.195. The standard InChI is InChI=1S/C16H17NO3/c1-11-10-17(9-8-15(18)19)14-7-6-12-4-2-3-5-13(12)16(14)20-11/h2-7,11H,8-10H2,1H3,(H,18,19). The Hall–Kier alpha value is -2.23. The number of rotatable bonds is 3. The molecule has 2 aromatic rings. The van der Waals surface area contributed by atoms with Crippen molar-refractivity contribution in [2.75, 3.05) is 18.0 Å². The number of carbonyl (C=O) groups is 1. The van der Waals surface area contributed by atoms with Gasteiger partial charge < -0.3 is 14.7 Å². The largest absolute Gasteiger partial charge is 0.486 e. The molecule has 0 radical (unpaired) electrons. The van der Waals surface area contributed by atoms with Gasteiger partial charge in [-0.15, -0.1) is 0 Å². The number of ether oxygens (including phenoxy) is 1. The van der Waals surface area contributed by atoms with Crippen molar-refractivity contribution in [3.8, 4) is 5.75 Å². The molecule has 20 heavy (non-hydrogen) atoms. The van der Waals surface area contributed by atoms with Gasteiger partial charge in [-0.3, -0.25) is 4.79 Å². The summed E-state index contributed by atoms with van der Waals surface area (Å²) < 4.78 is 5.99. The van der Waals surface area contributed by atoms with E-state index in [1.54, 1.807) is 0 Å². The Balaban J connectivity index is 2.03. The number of fused-ring (bicyclic) bond motifs is 3. The van der Waals surface area contributed by atoms with Gasteiger partial charge in [-0.1, -0.05) is 30.3 Å². The van der Waals surface area contributed by atoms with Gasteiger partial charge in [0.25, 0.3) is 0 Å². The molecule has 0 aromatic heterocycles. The number of aliphatic carboxylic acids is 1. The normalized spacial score (nSPS) is 17.6. The molecule has 1 aliphatic heterocycles. The van der Waals surface area contributed by atoms with Gasteiger partial charge in [0.05, 0.1) is 18.7 Å². The Morgan fingerprint density at radius 3 is 2.95 bits per heavy atom. The van der Waals surface area contributed by atoms with Crippen molar-refractivity contribution in [2.24, 2.45) is 0 Å². The molecule has 0 aliphatic carbocycles. The van der Waals surface area contributed by atoms with Gasteiger partial charge in [-0.2, -0.15) is 0 Å². The molecule has 0 amide bonds. The molecule has 1 N–H and O–H groups in total. The van der Waals surface area contributed by atoms with Crippen LogP contribution < -0.4 is 9.64 Å². The van der Waals surface area contributed by atoms with Gasteiger partial charge in [0.1, 0.15) is 6.10 Å². The highest BCUT2D eigenvalue weighted by Gasteiger charge is 2.24. The van der Waals surface area contributed by atoms with Crippen LogP contribution in [-0.2, 0) is 4.79 Å². The highest BCUT2D eigenvalue weighted by atomic mass is 16.5. The van der Waals surface area contributed by atoms with E-state index < -0.39 is 5.97 Å². The molecule has 3 rings (SSSR count). The van der Waals surface area contributed by atoms with Crippen molar-refractivity contribution in [3.05, 3.63) is 36.4 Å². The Morgan fingerprint density at radius 1 is 1.35 bits per heavy atom. The number of anilines is 1. The van der Waals surface area contributed by atoms with Crippen LogP contribution in [0.5, 0.6) is 5.75 Å². The van der Waals surface area contributed by atoms with Gasteiger partial charge >= 0.3 is 5.97 Å². The second-order valence-electron chi connectivity index (χ2n) is 5.15. The van der Waals surface area contributed by atoms with Crippen molar-refractivity contribution >= 4 is 22.4 Å². The molecule has 0 saturated heterocycles. The quantitative estimate of drug-likeness (QED) is 0.932. The average Bonchev–Trinajstić information content (AvgIpc) is 2.44. The lowest BCUT2D eigenvalue weighted by Crippen LogP contribution is -2.39. The van der Waals surface area contributed by atoms with Crippen LogP contribution in [0.25, 0.3) is 10.8 Å². The number of hydrogen-bond acceptors (Lipinski definition) is 3. The summed E-state index contributed by atoms with van der Waals surface area (Å²) in [6.45, 7) is 3.24. The summed E-state index contributed by atoms with van der Waals surface area (Å²) in [7, 11) is 0. The van der Waals surface area contributed by atoms with E-state index in [0.29, 0.717) is 6.54 Å². The lowest BCUT2D eigenvalue weighted by molar-refractivity contribution is -0.136. The predicted molar refractivity (Wildman–Crippen MR) is 78.5 cm³/mol. The fraction of sp³-hybridized carbons (Fsp3) is 0.312. The zero-order valence-corrected chi connectivity index (χ0v) is 11.4. The zero-order valence-electron chi connectivity index (χ0n) is 11.4. The molecule has 1 aliphatic rings. The Labute approximate surface area is 117 Å². The SMILES string of the molecule is CC1CN(CCC(=O)O)c2ccc3ccccc3c2O1. The Morgan fingerprint density at radius 2 is 2.15 bits per heavy atom. The molecule has 0 saturated carbocycles. The first-order valence-corrected chi connectivity index (χ1v) is 6.80. The molecule has 0 fully saturated rings. The average molecular weight is 271 g/mol. The topological polar surface area (TPSA) is 49.8 Å². The van der Waals surface area contributed by atoms with Crippen LogP contribution in [0.15, 0.2) is 36.4 Å². The van der Waals surface area contributed by atoms with E-state index in [9.17, 15) is 4.79 Å². The van der Waals surface area contributed by atoms with E-state index in [1.165, 1.54) is 0 Å². The lowest BCUT2D eigenvalue weighted by Gasteiger charge is -2.35. The predicted octanol–water partition coefficient (Wildman–Crippen LogP) is 2.90. The summed E-state index contributed by atoms with van der Waals surface area (Å²) in [5, 5.41) is 11.1. The highest BCUT2D eigenvalue weighted by Crippen LogP contribution is 2.39. The van der Waals surface area contributed by atoms with Crippen molar-refractivity contribution in [1.82, 2.24) is 0 Å². The van der Waals surface area contributed by atoms with Crippen LogP contribution in [0.4, 0.5) is 5.69 Å². The monoisotopic (exact) mass is 271 g/mol. The molecule has 0 spiro atoms. The molecule has 104 valence electrons. The van der Waals surface area contributed by atoms with Crippen molar-refractivity contribution in [3.63, 3.8) is 0 Å². The van der Waals surface area contributed by atoms with Crippen molar-refractivity contribution in [1.29, 1.82) is 0 Å². The fourth-order valence-corrected chi connectivity index (χ4v) is 2.69. The third kappa shape index (κ3) is 2.29. The maximum Gasteiger partial charge on any atom is 0.305 e. The summed E-state index contributed by atoms with van der Waals surface area (Å²) >= 11 is 0. The number of benzene rings is 2. The minimum absolute atomic E-state index is 0.0575. The van der Waals surface area contributed by atoms with Crippen LogP contribution >= 0.6 is 0 Å². The van der Waals surface area contributed by atoms with Gasteiger partial charge in [0.15, 0.2) is 5.75 Å². The van der Waals surface area contributed by atoms with E-state index in [1.807, 2.05) is 31.2 Å². The van der Waals surface area contributed by atoms with E-state index in [2.05, 4.69) is 17.0 Å². The van der Waals surface area contributed by atoms with Gasteiger partial charge in [-0.05, 0) is 18.4 Å². The number of hydrogen-bond donors (Lipinski definition) is 1. The number of carboxylic acid groups (broad SMARTS) is 1. The third-order valence-electron chi connectivity index (χ3n) is 3.59. The fourth-order valence-electron chi connectivity index (χ4n) is 2.69. The zero-order chi connectivity index (χ0) is 14.1. The van der Waals surface area contributed by atoms with Crippen molar-refractivity contribution in [2.45, 2.75) is 19.4 Å². The van der Waals surface area contributed by atoms with Gasteiger partial charge in [0.2, 0.25) is 0 Å². The summed E-state index contributed by atoms with van der Waals surface area (Å²) in [5.41, 5.74) is 0.989. The first-order valence-electron chi connectivity index (χ1n) is 6.80. The molecule has 1 unspecified atom stereocenters. The molecular weight excluding hydrogens is 254 g/mol. The molecule has 1 heterocycles. The minimum atomic E-state index is -0.772. The van der Waals surface area contributed by atoms with Gasteiger partial charge in [0, 0.05) is 11.9 Å². The number of nitrogens with zero attached hydrogens (tertiary/aromatic N) is 1. The summed E-state index contributed by atoms with van der Waals surface area (Å²) in [5.74, 6) is 0.0960. The highest BCUT2D eigenvalue weighted by molar-refractivity contribution is 5.94. The summed E-state index contributed by atoms with van der Waals surface area (Å²) in [4.78, 5) is 12.9. The van der Waals surface area contributed by atoms with Crippen LogP contribution in [-0.4, -0.2) is 30.3 Å². The molecule has 4 heteroatoms. The first kappa shape index (κ1) is 12.8. The molecule has 4 nitrogen and oxygen atoms in total. The van der Waals surface area contributed by atoms with E-state index in [-0.39, 0.29) is 12.5 Å². The smallest absolute Gasteiger partial charge is 0.305 e. The van der Waals surface area contributed by atoms with Crippen LogP contribution in [0, 0.1) is 0 Å². The number of carboxylic acids is 1. The Kier molecular flexibility index (Phi) is 3.22. The maximum absolute atomic E-state index is 10.8. The molecular formula is C16H17NO3. The molecule has 0 bridgehead atoms. The van der Waals surface area contributed by atoms with Crippen LogP contribution in [0.2, 0.25) is 0 Å². The third-order valence-corrected chi connectivity index (χ3v) is 3.59. The van der Waals surface area contributed by atoms with E-state index in [0.717, 1.165) is 28.8 Å². The van der Waals surface area contributed by atoms with Crippen molar-refractivity contribution < 1.29 is 14.6 Å². The van der Waals surface area contributed by atoms with Gasteiger partial charge in [-0.25, -0.2) is 0 Å². The lowest BCUT2D eigenvalue weighted by atomic mass is 10.1. The molecule has 1 atom stereocenters. The summed E-state index contributed by atoms with van der Waals surface area (Å²) in [6, 6.07) is 12.2. The Bertz CT molecular complexity index is 653. The molecule has 2 aromatic carbocycles. The second-order valence-corrected chi connectivity index (χ2v) is 5.15. The second kappa shape index (κ2) is 5.04. The first-order chi connectivity index (χ1) is 9.65. The maximum atomic E-state index is 10.8. The van der Waals surface area contributed by atoms with Crippen LogP contribution in [0.3, 0.4) is 0 Å². The van der Waals surface area contributed by atoms with E-state index >= 15 is 0 Å². The van der Waals surface area contributed by atoms with E-state index in [4.69, 9.17) is 9.84 Å².